The van der Waals surface area contributed by atoms with E-state index in [4.69, 9.17) is 0 Å². The zero-order valence-corrected chi connectivity index (χ0v) is 19.7. The molecule has 5 rings (SSSR count). The number of piperidine rings is 2. The lowest BCUT2D eigenvalue weighted by molar-refractivity contribution is -0.132. The third-order valence-electron chi connectivity index (χ3n) is 8.21. The number of hydrogen-bond donors (Lipinski definition) is 0. The van der Waals surface area contributed by atoms with Crippen LogP contribution in [0.4, 0.5) is 4.79 Å². The first-order chi connectivity index (χ1) is 16.0. The Kier molecular flexibility index (Phi) is 6.41. The summed E-state index contributed by atoms with van der Waals surface area (Å²) in [4.78, 5) is 46.2. The van der Waals surface area contributed by atoms with Crippen LogP contribution in [0.5, 0.6) is 0 Å². The van der Waals surface area contributed by atoms with Crippen molar-refractivity contribution >= 4 is 17.8 Å². The molecular formula is C26H36N4O3. The van der Waals surface area contributed by atoms with Crippen LogP contribution in [-0.2, 0) is 22.6 Å². The molecule has 0 N–H and O–H groups in total. The fourth-order valence-electron chi connectivity index (χ4n) is 6.40. The van der Waals surface area contributed by atoms with Crippen molar-refractivity contribution in [3.05, 3.63) is 35.4 Å². The Bertz CT molecular complexity index is 874. The first-order valence-electron chi connectivity index (χ1n) is 12.7. The largest absolute Gasteiger partial charge is 0.345 e. The molecule has 0 saturated carbocycles. The predicted octanol–water partition coefficient (Wildman–Crippen LogP) is 2.88. The van der Waals surface area contributed by atoms with Gasteiger partial charge in [0.05, 0.1) is 0 Å². The molecule has 0 aliphatic carbocycles. The van der Waals surface area contributed by atoms with E-state index >= 15 is 0 Å². The summed E-state index contributed by atoms with van der Waals surface area (Å²) in [6, 6.07) is 8.05. The molecule has 4 heterocycles. The number of rotatable bonds is 6. The topological polar surface area (TPSA) is 64.2 Å². The van der Waals surface area contributed by atoms with Crippen molar-refractivity contribution in [3.63, 3.8) is 0 Å². The molecule has 1 aromatic carbocycles. The number of fused-ring (bicyclic) bond motifs is 3. The highest BCUT2D eigenvalue weighted by molar-refractivity contribution is 6.04. The standard InChI is InChI=1S/C26H36N4O3/c1-27(17-21-10-6-14-28-13-5-4-11-22(21)28)24(31)12-7-15-29-25(32)23-16-19-8-2-3-9-20(19)18-30(23)26(29)33/h2-3,8-9,21-23H,4-7,10-18H2,1H3/t21-,22+,23+/m0/s1. The number of hydrogen-bond acceptors (Lipinski definition) is 4. The molecule has 0 bridgehead atoms. The van der Waals surface area contributed by atoms with Crippen LogP contribution in [0.3, 0.4) is 0 Å². The molecular weight excluding hydrogens is 416 g/mol. The Morgan fingerprint density at radius 2 is 1.85 bits per heavy atom. The molecule has 3 atom stereocenters. The van der Waals surface area contributed by atoms with E-state index in [-0.39, 0.29) is 17.8 Å². The van der Waals surface area contributed by atoms with Gasteiger partial charge in [0.15, 0.2) is 0 Å². The van der Waals surface area contributed by atoms with E-state index < -0.39 is 6.04 Å². The van der Waals surface area contributed by atoms with E-state index in [9.17, 15) is 14.4 Å². The van der Waals surface area contributed by atoms with Crippen molar-refractivity contribution in [1.29, 1.82) is 0 Å². The average Bonchev–Trinajstić information content (AvgIpc) is 3.07. The molecule has 3 saturated heterocycles. The normalized spacial score (nSPS) is 27.2. The highest BCUT2D eigenvalue weighted by atomic mass is 16.2. The van der Waals surface area contributed by atoms with Gasteiger partial charge in [-0.2, -0.15) is 0 Å². The fraction of sp³-hybridized carbons (Fsp3) is 0.654. The maximum absolute atomic E-state index is 12.9. The number of imide groups is 1. The molecule has 7 heteroatoms. The Hall–Kier alpha value is -2.41. The Labute approximate surface area is 196 Å². The van der Waals surface area contributed by atoms with Crippen LogP contribution >= 0.6 is 0 Å². The molecule has 4 aliphatic heterocycles. The second-order valence-electron chi connectivity index (χ2n) is 10.3. The van der Waals surface area contributed by atoms with E-state index in [0.29, 0.717) is 44.3 Å². The predicted molar refractivity (Wildman–Crippen MR) is 125 cm³/mol. The third kappa shape index (κ3) is 4.39. The smallest absolute Gasteiger partial charge is 0.327 e. The van der Waals surface area contributed by atoms with Crippen LogP contribution in [0, 0.1) is 5.92 Å². The average molecular weight is 453 g/mol. The molecule has 0 radical (unpaired) electrons. The summed E-state index contributed by atoms with van der Waals surface area (Å²) in [6.45, 7) is 4.04. The zero-order chi connectivity index (χ0) is 22.9. The van der Waals surface area contributed by atoms with Crippen LogP contribution in [0.15, 0.2) is 24.3 Å². The summed E-state index contributed by atoms with van der Waals surface area (Å²) in [5, 5.41) is 0. The summed E-state index contributed by atoms with van der Waals surface area (Å²) in [5.41, 5.74) is 2.27. The minimum absolute atomic E-state index is 0.116. The van der Waals surface area contributed by atoms with Crippen LogP contribution in [0.2, 0.25) is 0 Å². The minimum Gasteiger partial charge on any atom is -0.345 e. The minimum atomic E-state index is -0.393. The number of carbonyl (C=O) groups is 3. The molecule has 0 unspecified atom stereocenters. The van der Waals surface area contributed by atoms with Crippen LogP contribution in [-0.4, -0.2) is 82.8 Å². The van der Waals surface area contributed by atoms with Gasteiger partial charge in [0.1, 0.15) is 6.04 Å². The van der Waals surface area contributed by atoms with Crippen molar-refractivity contribution in [2.45, 2.75) is 70.0 Å². The number of carbonyl (C=O) groups excluding carboxylic acids is 3. The van der Waals surface area contributed by atoms with Crippen molar-refractivity contribution in [3.8, 4) is 0 Å². The molecule has 1 aromatic rings. The van der Waals surface area contributed by atoms with E-state index in [0.717, 1.165) is 17.7 Å². The maximum Gasteiger partial charge on any atom is 0.327 e. The number of nitrogens with zero attached hydrogens (tertiary/aromatic N) is 4. The van der Waals surface area contributed by atoms with E-state index in [2.05, 4.69) is 4.90 Å². The molecule has 0 spiro atoms. The van der Waals surface area contributed by atoms with E-state index in [1.165, 1.54) is 50.1 Å². The highest BCUT2D eigenvalue weighted by Gasteiger charge is 2.46. The van der Waals surface area contributed by atoms with Crippen molar-refractivity contribution in [2.75, 3.05) is 33.2 Å². The first kappa shape index (κ1) is 22.4. The third-order valence-corrected chi connectivity index (χ3v) is 8.21. The number of amides is 4. The van der Waals surface area contributed by atoms with Gasteiger partial charge in [-0.15, -0.1) is 0 Å². The molecule has 3 fully saturated rings. The van der Waals surface area contributed by atoms with Crippen LogP contribution < -0.4 is 0 Å². The molecule has 0 aromatic heterocycles. The Balaban J connectivity index is 1.11. The maximum atomic E-state index is 12.9. The first-order valence-corrected chi connectivity index (χ1v) is 12.7. The van der Waals surface area contributed by atoms with Crippen molar-refractivity contribution in [2.24, 2.45) is 5.92 Å². The van der Waals surface area contributed by atoms with E-state index in [1.807, 2.05) is 36.2 Å². The number of urea groups is 1. The second kappa shape index (κ2) is 9.45. The Morgan fingerprint density at radius 1 is 1.06 bits per heavy atom. The zero-order valence-electron chi connectivity index (χ0n) is 19.7. The van der Waals surface area contributed by atoms with Crippen molar-refractivity contribution in [1.82, 2.24) is 19.6 Å². The summed E-state index contributed by atoms with van der Waals surface area (Å²) in [5.74, 6) is 0.564. The molecule has 7 nitrogen and oxygen atoms in total. The van der Waals surface area contributed by atoms with Gasteiger partial charge in [0.2, 0.25) is 5.91 Å². The Morgan fingerprint density at radius 3 is 2.70 bits per heavy atom. The quantitative estimate of drug-likeness (QED) is 0.623. The van der Waals surface area contributed by atoms with E-state index in [1.54, 1.807) is 4.90 Å². The van der Waals surface area contributed by atoms with Gasteiger partial charge in [-0.25, -0.2) is 4.79 Å². The monoisotopic (exact) mass is 452 g/mol. The highest BCUT2D eigenvalue weighted by Crippen LogP contribution is 2.32. The SMILES string of the molecule is CN(C[C@@H]1CCCN2CCCC[C@H]12)C(=O)CCCN1C(=O)[C@H]2Cc3ccccc3CN2C1=O. The van der Waals surface area contributed by atoms with Crippen molar-refractivity contribution < 1.29 is 14.4 Å². The summed E-state index contributed by atoms with van der Waals surface area (Å²) in [7, 11) is 1.91. The number of benzene rings is 1. The fourth-order valence-corrected chi connectivity index (χ4v) is 6.40. The van der Waals surface area contributed by atoms with Crippen LogP contribution in [0.25, 0.3) is 0 Å². The van der Waals surface area contributed by atoms with Gasteiger partial charge in [0, 0.05) is 45.6 Å². The molecule has 4 aliphatic rings. The van der Waals surface area contributed by atoms with Crippen LogP contribution in [0.1, 0.15) is 56.1 Å². The lowest BCUT2D eigenvalue weighted by atomic mass is 9.83. The lowest BCUT2D eigenvalue weighted by Crippen LogP contribution is -2.51. The summed E-state index contributed by atoms with van der Waals surface area (Å²) >= 11 is 0. The summed E-state index contributed by atoms with van der Waals surface area (Å²) in [6.07, 6.45) is 7.77. The van der Waals surface area contributed by atoms with Gasteiger partial charge >= 0.3 is 6.03 Å². The van der Waals surface area contributed by atoms with Gasteiger partial charge in [-0.3, -0.25) is 14.5 Å². The lowest BCUT2D eigenvalue weighted by Gasteiger charge is -2.45. The van der Waals surface area contributed by atoms with Gasteiger partial charge in [0.25, 0.3) is 5.91 Å². The molecule has 178 valence electrons. The van der Waals surface area contributed by atoms with Gasteiger partial charge in [-0.05, 0) is 62.2 Å². The molecule has 33 heavy (non-hydrogen) atoms. The molecule has 4 amide bonds. The second-order valence-corrected chi connectivity index (χ2v) is 10.3. The summed E-state index contributed by atoms with van der Waals surface area (Å²) < 4.78 is 0. The van der Waals surface area contributed by atoms with Gasteiger partial charge in [-0.1, -0.05) is 30.7 Å². The van der Waals surface area contributed by atoms with Gasteiger partial charge < -0.3 is 14.7 Å².